The molecule has 0 aliphatic heterocycles. The van der Waals surface area contributed by atoms with Crippen LogP contribution < -0.4 is 30.4 Å². The van der Waals surface area contributed by atoms with E-state index in [2.05, 4.69) is 16.2 Å². The Kier molecular flexibility index (Phi) is 7.49. The van der Waals surface area contributed by atoms with Crippen molar-refractivity contribution in [1.29, 1.82) is 0 Å². The Morgan fingerprint density at radius 3 is 1.91 bits per heavy atom. The normalized spacial score (nSPS) is 10.1. The first-order valence-corrected chi connectivity index (χ1v) is 9.89. The van der Waals surface area contributed by atoms with Crippen molar-refractivity contribution in [2.24, 2.45) is 0 Å². The van der Waals surface area contributed by atoms with Crippen LogP contribution in [0.4, 0.5) is 17.1 Å². The van der Waals surface area contributed by atoms with Crippen LogP contribution in [0.1, 0.15) is 20.7 Å². The second-order valence-corrected chi connectivity index (χ2v) is 6.80. The number of methoxy groups -OCH3 is 3. The topological polar surface area (TPSA) is 141 Å². The predicted octanol–water partition coefficient (Wildman–Crippen LogP) is 3.44. The zero-order valence-electron chi connectivity index (χ0n) is 18.6. The summed E-state index contributed by atoms with van der Waals surface area (Å²) in [5.74, 6) is -0.576. The third-order valence-corrected chi connectivity index (χ3v) is 4.73. The average molecular weight is 466 g/mol. The number of hydrazine groups is 1. The Labute approximate surface area is 194 Å². The van der Waals surface area contributed by atoms with Gasteiger partial charge in [0, 0.05) is 22.9 Å². The molecular formula is C23H22N4O7. The van der Waals surface area contributed by atoms with Gasteiger partial charge in [-0.1, -0.05) is 18.2 Å². The second-order valence-electron chi connectivity index (χ2n) is 6.80. The van der Waals surface area contributed by atoms with Crippen LogP contribution in [0.2, 0.25) is 0 Å². The maximum Gasteiger partial charge on any atom is 0.293 e. The lowest BCUT2D eigenvalue weighted by atomic mass is 10.1. The number of rotatable bonds is 8. The van der Waals surface area contributed by atoms with E-state index in [0.717, 1.165) is 6.07 Å². The van der Waals surface area contributed by atoms with Gasteiger partial charge in [-0.25, -0.2) is 0 Å². The van der Waals surface area contributed by atoms with E-state index in [4.69, 9.17) is 14.2 Å². The number of para-hydroxylation sites is 1. The molecule has 2 amide bonds. The summed E-state index contributed by atoms with van der Waals surface area (Å²) in [5.41, 5.74) is 5.19. The van der Waals surface area contributed by atoms with Gasteiger partial charge >= 0.3 is 0 Å². The van der Waals surface area contributed by atoms with Crippen LogP contribution in [0.25, 0.3) is 0 Å². The first kappa shape index (κ1) is 23.9. The Hall–Kier alpha value is -4.80. The van der Waals surface area contributed by atoms with Crippen molar-refractivity contribution < 1.29 is 28.7 Å². The minimum absolute atomic E-state index is 0.0181. The van der Waals surface area contributed by atoms with Gasteiger partial charge in [0.25, 0.3) is 17.5 Å². The molecule has 0 heterocycles. The molecule has 0 saturated carbocycles. The van der Waals surface area contributed by atoms with Crippen LogP contribution in [0, 0.1) is 10.1 Å². The van der Waals surface area contributed by atoms with Crippen LogP contribution >= 0.6 is 0 Å². The largest absolute Gasteiger partial charge is 0.493 e. The predicted molar refractivity (Wildman–Crippen MR) is 124 cm³/mol. The Morgan fingerprint density at radius 2 is 1.38 bits per heavy atom. The molecule has 0 atom stereocenters. The van der Waals surface area contributed by atoms with E-state index in [-0.39, 0.29) is 34.0 Å². The number of nitro groups is 1. The number of nitrogens with one attached hydrogen (secondary N) is 3. The van der Waals surface area contributed by atoms with Crippen LogP contribution in [0.5, 0.6) is 17.2 Å². The molecule has 0 bridgehead atoms. The van der Waals surface area contributed by atoms with Crippen molar-refractivity contribution in [3.63, 3.8) is 0 Å². The molecule has 0 aliphatic carbocycles. The highest BCUT2D eigenvalue weighted by molar-refractivity contribution is 6.00. The molecule has 3 rings (SSSR count). The fraction of sp³-hybridized carbons (Fsp3) is 0.130. The van der Waals surface area contributed by atoms with Crippen LogP contribution in [-0.4, -0.2) is 38.1 Å². The van der Waals surface area contributed by atoms with Crippen LogP contribution in [0.3, 0.4) is 0 Å². The number of ether oxygens (including phenoxy) is 3. The van der Waals surface area contributed by atoms with Gasteiger partial charge in [0.2, 0.25) is 5.75 Å². The van der Waals surface area contributed by atoms with E-state index in [1.54, 1.807) is 24.3 Å². The average Bonchev–Trinajstić information content (AvgIpc) is 2.86. The first-order chi connectivity index (χ1) is 16.4. The third kappa shape index (κ3) is 5.33. The van der Waals surface area contributed by atoms with Crippen LogP contribution in [-0.2, 0) is 0 Å². The number of carbonyl (C=O) groups excluding carboxylic acids is 2. The van der Waals surface area contributed by atoms with Crippen LogP contribution in [0.15, 0.2) is 60.7 Å². The van der Waals surface area contributed by atoms with Crippen molar-refractivity contribution in [3.05, 3.63) is 81.9 Å². The molecule has 3 N–H and O–H groups in total. The summed E-state index contributed by atoms with van der Waals surface area (Å²) < 4.78 is 15.6. The molecule has 34 heavy (non-hydrogen) atoms. The summed E-state index contributed by atoms with van der Waals surface area (Å²) in [4.78, 5) is 36.0. The molecular weight excluding hydrogens is 444 g/mol. The van der Waals surface area contributed by atoms with E-state index < -0.39 is 16.7 Å². The zero-order valence-corrected chi connectivity index (χ0v) is 18.6. The summed E-state index contributed by atoms with van der Waals surface area (Å²) in [7, 11) is 4.24. The molecule has 0 saturated heterocycles. The van der Waals surface area contributed by atoms with Gasteiger partial charge in [-0.15, -0.1) is 0 Å². The summed E-state index contributed by atoms with van der Waals surface area (Å²) in [6.45, 7) is 0. The van der Waals surface area contributed by atoms with Crippen molar-refractivity contribution in [3.8, 4) is 17.2 Å². The molecule has 3 aromatic carbocycles. The lowest BCUT2D eigenvalue weighted by Crippen LogP contribution is -2.41. The quantitative estimate of drug-likeness (QED) is 0.339. The number of anilines is 2. The van der Waals surface area contributed by atoms with Crippen molar-refractivity contribution in [1.82, 2.24) is 10.9 Å². The summed E-state index contributed by atoms with van der Waals surface area (Å²) in [6, 6.07) is 15.7. The number of carbonyl (C=O) groups is 2. The Morgan fingerprint density at radius 1 is 0.794 bits per heavy atom. The highest BCUT2D eigenvalue weighted by atomic mass is 16.6. The maximum absolute atomic E-state index is 12.6. The van der Waals surface area contributed by atoms with Gasteiger partial charge in [0.05, 0.1) is 26.3 Å². The number of nitro benzene ring substituents is 1. The minimum atomic E-state index is -0.741. The van der Waals surface area contributed by atoms with Crippen molar-refractivity contribution >= 4 is 28.9 Å². The van der Waals surface area contributed by atoms with Gasteiger partial charge in [0.1, 0.15) is 5.69 Å². The molecule has 11 nitrogen and oxygen atoms in total. The highest BCUT2D eigenvalue weighted by Gasteiger charge is 2.20. The van der Waals surface area contributed by atoms with Gasteiger partial charge in [-0.3, -0.25) is 30.6 Å². The van der Waals surface area contributed by atoms with E-state index in [0.29, 0.717) is 11.4 Å². The van der Waals surface area contributed by atoms with Gasteiger partial charge in [-0.2, -0.15) is 0 Å². The number of benzene rings is 3. The van der Waals surface area contributed by atoms with E-state index in [9.17, 15) is 19.7 Å². The van der Waals surface area contributed by atoms with E-state index >= 15 is 0 Å². The fourth-order valence-electron chi connectivity index (χ4n) is 3.08. The van der Waals surface area contributed by atoms with E-state index in [1.807, 2.05) is 6.07 Å². The Bertz CT molecular complexity index is 1190. The van der Waals surface area contributed by atoms with Crippen molar-refractivity contribution in [2.45, 2.75) is 0 Å². The molecule has 0 fully saturated rings. The standard InChI is InChI=1S/C23H22N4O7/c1-32-19-12-15(13-20(33-2)21(19)34-3)23(29)26-25-22(28)14-9-10-17(18(11-14)27(30)31)24-16-7-5-4-6-8-16/h4-13,24H,1-3H3,(H,25,28)(H,26,29). The molecule has 11 heteroatoms. The number of hydrogen-bond donors (Lipinski definition) is 3. The van der Waals surface area contributed by atoms with Gasteiger partial charge < -0.3 is 19.5 Å². The molecule has 3 aromatic rings. The number of amides is 2. The smallest absolute Gasteiger partial charge is 0.293 e. The number of nitrogens with zero attached hydrogens (tertiary/aromatic N) is 1. The Balaban J connectivity index is 1.75. The van der Waals surface area contributed by atoms with Gasteiger partial charge in [-0.05, 0) is 36.4 Å². The molecule has 0 unspecified atom stereocenters. The monoisotopic (exact) mass is 466 g/mol. The first-order valence-electron chi connectivity index (χ1n) is 9.89. The molecule has 176 valence electrons. The molecule has 0 spiro atoms. The van der Waals surface area contributed by atoms with Crippen molar-refractivity contribution in [2.75, 3.05) is 26.6 Å². The second kappa shape index (κ2) is 10.7. The summed E-state index contributed by atoms with van der Waals surface area (Å²) in [5, 5.41) is 14.5. The number of hydrogen-bond acceptors (Lipinski definition) is 8. The third-order valence-electron chi connectivity index (χ3n) is 4.73. The highest BCUT2D eigenvalue weighted by Crippen LogP contribution is 2.38. The SMILES string of the molecule is COc1cc(C(=O)NNC(=O)c2ccc(Nc3ccccc3)c([N+](=O)[O-])c2)cc(OC)c1OC. The summed E-state index contributed by atoms with van der Waals surface area (Å²) in [6.07, 6.45) is 0. The lowest BCUT2D eigenvalue weighted by molar-refractivity contribution is -0.383. The maximum atomic E-state index is 12.6. The minimum Gasteiger partial charge on any atom is -0.493 e. The lowest BCUT2D eigenvalue weighted by Gasteiger charge is -2.14. The molecule has 0 radical (unpaired) electrons. The van der Waals surface area contributed by atoms with Gasteiger partial charge in [0.15, 0.2) is 11.5 Å². The van der Waals surface area contributed by atoms with E-state index in [1.165, 1.54) is 45.6 Å². The molecule has 0 aromatic heterocycles. The molecule has 0 aliphatic rings. The zero-order chi connectivity index (χ0) is 24.7. The summed E-state index contributed by atoms with van der Waals surface area (Å²) >= 11 is 0. The fourth-order valence-corrected chi connectivity index (χ4v) is 3.08.